The highest BCUT2D eigenvalue weighted by atomic mass is 19.4. The van der Waals surface area contributed by atoms with Crippen LogP contribution >= 0.6 is 0 Å². The molecule has 1 aromatic carbocycles. The molecule has 17 heavy (non-hydrogen) atoms. The second-order valence-electron chi connectivity index (χ2n) is 3.97. The van der Waals surface area contributed by atoms with Gasteiger partial charge in [-0.25, -0.2) is 0 Å². The van der Waals surface area contributed by atoms with Crippen molar-refractivity contribution >= 4 is 6.29 Å². The summed E-state index contributed by atoms with van der Waals surface area (Å²) >= 11 is 0. The van der Waals surface area contributed by atoms with E-state index in [2.05, 4.69) is 4.74 Å². The van der Waals surface area contributed by atoms with Crippen molar-refractivity contribution in [2.75, 3.05) is 6.61 Å². The third kappa shape index (κ3) is 4.09. The number of benzene rings is 1. The van der Waals surface area contributed by atoms with Crippen LogP contribution in [0.5, 0.6) is 5.75 Å². The minimum absolute atomic E-state index is 0.0401. The second kappa shape index (κ2) is 5.21. The summed E-state index contributed by atoms with van der Waals surface area (Å²) in [6.45, 7) is 2.47. The molecular formula is C12H13F3O2. The van der Waals surface area contributed by atoms with Gasteiger partial charge in [-0.3, -0.25) is 4.79 Å². The minimum Gasteiger partial charge on any atom is -0.483 e. The van der Waals surface area contributed by atoms with E-state index in [9.17, 15) is 18.0 Å². The lowest BCUT2D eigenvalue weighted by atomic mass is 10.0. The smallest absolute Gasteiger partial charge is 0.422 e. The van der Waals surface area contributed by atoms with E-state index >= 15 is 0 Å². The molecule has 0 aliphatic heterocycles. The number of rotatable bonds is 4. The summed E-state index contributed by atoms with van der Waals surface area (Å²) in [6, 6.07) is 4.59. The molecular weight excluding hydrogens is 233 g/mol. The Kier molecular flexibility index (Phi) is 4.15. The number of hydrogen-bond donors (Lipinski definition) is 0. The van der Waals surface area contributed by atoms with Gasteiger partial charge in [-0.15, -0.1) is 0 Å². The lowest BCUT2D eigenvalue weighted by molar-refractivity contribution is -0.153. The number of ether oxygens (including phenoxy) is 1. The molecule has 2 nitrogen and oxygen atoms in total. The van der Waals surface area contributed by atoms with Crippen molar-refractivity contribution in [3.8, 4) is 5.75 Å². The average Bonchev–Trinajstić information content (AvgIpc) is 2.24. The Bertz CT molecular complexity index is 397. The maximum Gasteiger partial charge on any atom is 0.422 e. The maximum atomic E-state index is 12.0. The van der Waals surface area contributed by atoms with Crippen molar-refractivity contribution in [2.24, 2.45) is 0 Å². The molecule has 0 unspecified atom stereocenters. The third-order valence-corrected chi connectivity index (χ3v) is 2.22. The van der Waals surface area contributed by atoms with E-state index in [0.29, 0.717) is 6.29 Å². The highest BCUT2D eigenvalue weighted by Crippen LogP contribution is 2.25. The van der Waals surface area contributed by atoms with Gasteiger partial charge >= 0.3 is 6.18 Å². The standard InChI is InChI=1S/C12H13F3O2/c1-8(2)9-3-4-11(10(5-9)6-16)17-7-12(13,14)15/h3-6,8H,7H2,1-2H3. The van der Waals surface area contributed by atoms with Crippen molar-refractivity contribution < 1.29 is 22.7 Å². The molecule has 0 N–H and O–H groups in total. The van der Waals surface area contributed by atoms with Gasteiger partial charge in [-0.05, 0) is 23.6 Å². The van der Waals surface area contributed by atoms with E-state index < -0.39 is 12.8 Å². The Morgan fingerprint density at radius 2 is 2.00 bits per heavy atom. The van der Waals surface area contributed by atoms with Gasteiger partial charge in [0.2, 0.25) is 0 Å². The zero-order chi connectivity index (χ0) is 13.1. The fourth-order valence-corrected chi connectivity index (χ4v) is 1.31. The van der Waals surface area contributed by atoms with Crippen molar-refractivity contribution in [3.05, 3.63) is 29.3 Å². The van der Waals surface area contributed by atoms with E-state index in [0.717, 1.165) is 5.56 Å². The fourth-order valence-electron chi connectivity index (χ4n) is 1.31. The molecule has 0 saturated carbocycles. The summed E-state index contributed by atoms with van der Waals surface area (Å²) in [6.07, 6.45) is -3.91. The zero-order valence-electron chi connectivity index (χ0n) is 9.54. The SMILES string of the molecule is CC(C)c1ccc(OCC(F)(F)F)c(C=O)c1. The highest BCUT2D eigenvalue weighted by Gasteiger charge is 2.28. The Labute approximate surface area is 97.4 Å². The number of alkyl halides is 3. The average molecular weight is 246 g/mol. The molecule has 0 saturated heterocycles. The summed E-state index contributed by atoms with van der Waals surface area (Å²) < 4.78 is 40.5. The zero-order valence-corrected chi connectivity index (χ0v) is 9.54. The molecule has 1 aromatic rings. The maximum absolute atomic E-state index is 12.0. The van der Waals surface area contributed by atoms with E-state index in [4.69, 9.17) is 0 Å². The summed E-state index contributed by atoms with van der Waals surface area (Å²) in [5.41, 5.74) is 1.02. The van der Waals surface area contributed by atoms with E-state index in [1.54, 1.807) is 12.1 Å². The van der Waals surface area contributed by atoms with Crippen LogP contribution in [0.25, 0.3) is 0 Å². The van der Waals surface area contributed by atoms with E-state index in [1.807, 2.05) is 13.8 Å². The molecule has 94 valence electrons. The molecule has 0 spiro atoms. The third-order valence-electron chi connectivity index (χ3n) is 2.22. The fraction of sp³-hybridized carbons (Fsp3) is 0.417. The molecule has 0 aliphatic carbocycles. The summed E-state index contributed by atoms with van der Waals surface area (Å²) in [7, 11) is 0. The second-order valence-corrected chi connectivity index (χ2v) is 3.97. The van der Waals surface area contributed by atoms with Crippen LogP contribution in [0.4, 0.5) is 13.2 Å². The van der Waals surface area contributed by atoms with Crippen LogP contribution in [-0.2, 0) is 0 Å². The Hall–Kier alpha value is -1.52. The lowest BCUT2D eigenvalue weighted by Crippen LogP contribution is -2.19. The van der Waals surface area contributed by atoms with Gasteiger partial charge in [0.15, 0.2) is 12.9 Å². The molecule has 1 rings (SSSR count). The first kappa shape index (κ1) is 13.5. The quantitative estimate of drug-likeness (QED) is 0.759. The molecule has 0 atom stereocenters. The molecule has 0 aliphatic rings. The van der Waals surface area contributed by atoms with Crippen LogP contribution in [0.2, 0.25) is 0 Å². The van der Waals surface area contributed by atoms with Crippen molar-refractivity contribution in [1.29, 1.82) is 0 Å². The van der Waals surface area contributed by atoms with Crippen LogP contribution in [0.15, 0.2) is 18.2 Å². The number of carbonyl (C=O) groups excluding carboxylic acids is 1. The van der Waals surface area contributed by atoms with Gasteiger partial charge in [0.1, 0.15) is 5.75 Å². The first-order valence-electron chi connectivity index (χ1n) is 5.12. The van der Waals surface area contributed by atoms with Gasteiger partial charge < -0.3 is 4.74 Å². The molecule has 0 amide bonds. The van der Waals surface area contributed by atoms with Crippen molar-refractivity contribution in [3.63, 3.8) is 0 Å². The van der Waals surface area contributed by atoms with Gasteiger partial charge in [-0.1, -0.05) is 19.9 Å². The number of hydrogen-bond acceptors (Lipinski definition) is 2. The molecule has 0 bridgehead atoms. The molecule has 0 fully saturated rings. The number of carbonyl (C=O) groups is 1. The highest BCUT2D eigenvalue weighted by molar-refractivity contribution is 5.79. The topological polar surface area (TPSA) is 26.3 Å². The van der Waals surface area contributed by atoms with Crippen molar-refractivity contribution in [1.82, 2.24) is 0 Å². The van der Waals surface area contributed by atoms with Crippen LogP contribution in [0.1, 0.15) is 35.7 Å². The minimum atomic E-state index is -4.41. The van der Waals surface area contributed by atoms with E-state index in [1.165, 1.54) is 6.07 Å². The molecule has 0 aromatic heterocycles. The summed E-state index contributed by atoms with van der Waals surface area (Å²) in [5, 5.41) is 0. The molecule has 0 radical (unpaired) electrons. The van der Waals surface area contributed by atoms with Crippen LogP contribution in [0.3, 0.4) is 0 Å². The Morgan fingerprint density at radius 1 is 1.35 bits per heavy atom. The molecule has 5 heteroatoms. The monoisotopic (exact) mass is 246 g/mol. The van der Waals surface area contributed by atoms with Crippen LogP contribution < -0.4 is 4.74 Å². The number of aldehydes is 1. The van der Waals surface area contributed by atoms with Gasteiger partial charge in [0.25, 0.3) is 0 Å². The van der Waals surface area contributed by atoms with Crippen molar-refractivity contribution in [2.45, 2.75) is 25.9 Å². The summed E-state index contributed by atoms with van der Waals surface area (Å²) in [5.74, 6) is 0.159. The first-order chi connectivity index (χ1) is 7.83. The lowest BCUT2D eigenvalue weighted by Gasteiger charge is -2.12. The Balaban J connectivity index is 2.89. The molecule has 0 heterocycles. The van der Waals surface area contributed by atoms with E-state index in [-0.39, 0.29) is 17.2 Å². The van der Waals surface area contributed by atoms with Crippen LogP contribution in [0, 0.1) is 0 Å². The largest absolute Gasteiger partial charge is 0.483 e. The van der Waals surface area contributed by atoms with Gasteiger partial charge in [0, 0.05) is 0 Å². The predicted octanol–water partition coefficient (Wildman–Crippen LogP) is 3.56. The van der Waals surface area contributed by atoms with Gasteiger partial charge in [-0.2, -0.15) is 13.2 Å². The summed E-state index contributed by atoms with van der Waals surface area (Å²) in [4.78, 5) is 10.8. The van der Waals surface area contributed by atoms with Gasteiger partial charge in [0.05, 0.1) is 5.56 Å². The van der Waals surface area contributed by atoms with Crippen LogP contribution in [-0.4, -0.2) is 19.1 Å². The normalized spacial score (nSPS) is 11.6. The Morgan fingerprint density at radius 3 is 2.47 bits per heavy atom. The number of halogens is 3. The first-order valence-corrected chi connectivity index (χ1v) is 5.12. The predicted molar refractivity (Wildman–Crippen MR) is 57.5 cm³/mol.